The monoisotopic (exact) mass is 410 g/mol. The second-order valence-corrected chi connectivity index (χ2v) is 7.48. The van der Waals surface area contributed by atoms with Crippen molar-refractivity contribution in [1.82, 2.24) is 0 Å². The summed E-state index contributed by atoms with van der Waals surface area (Å²) in [5, 5.41) is 14.2. The molecule has 0 spiro atoms. The molecule has 1 aliphatic rings. The van der Waals surface area contributed by atoms with Crippen LogP contribution in [-0.4, -0.2) is 41.5 Å². The largest absolute Gasteiger partial charge is 0.464 e. The highest BCUT2D eigenvalue weighted by Crippen LogP contribution is 2.46. The molecular weight excluding hydrogens is 384 g/mol. The Balaban J connectivity index is 2.26. The zero-order valence-corrected chi connectivity index (χ0v) is 17.5. The lowest BCUT2D eigenvalue weighted by Crippen LogP contribution is -2.58. The number of para-hydroxylation sites is 2. The van der Waals surface area contributed by atoms with Crippen LogP contribution in [-0.2, 0) is 19.9 Å². The second kappa shape index (κ2) is 8.28. The number of benzene rings is 2. The van der Waals surface area contributed by atoms with Gasteiger partial charge in [-0.15, -0.1) is 0 Å². The van der Waals surface area contributed by atoms with Gasteiger partial charge in [0.15, 0.2) is 17.4 Å². The molecule has 2 aromatic carbocycles. The third-order valence-corrected chi connectivity index (χ3v) is 5.22. The summed E-state index contributed by atoms with van der Waals surface area (Å²) in [6, 6.07) is 13.5. The van der Waals surface area contributed by atoms with Gasteiger partial charge in [0.2, 0.25) is 0 Å². The average molecular weight is 410 g/mol. The van der Waals surface area contributed by atoms with Crippen molar-refractivity contribution >= 4 is 29.0 Å². The second-order valence-electron chi connectivity index (χ2n) is 7.48. The first-order chi connectivity index (χ1) is 14.3. The first-order valence-electron chi connectivity index (χ1n) is 9.91. The maximum Gasteiger partial charge on any atom is 0.338 e. The number of hydrogen-bond acceptors (Lipinski definition) is 6. The molecule has 7 heteroatoms. The highest BCUT2D eigenvalue weighted by molar-refractivity contribution is 6.13. The predicted octanol–water partition coefficient (Wildman–Crippen LogP) is 2.88. The van der Waals surface area contributed by atoms with Crippen LogP contribution in [0.25, 0.3) is 0 Å². The fraction of sp³-hybridized carbons (Fsp3) is 0.348. The molecule has 0 saturated carbocycles. The number of aliphatic hydroxyl groups excluding tert-OH is 1. The summed E-state index contributed by atoms with van der Waals surface area (Å²) in [6.45, 7) is 6.80. The molecule has 1 amide bonds. The van der Waals surface area contributed by atoms with Crippen LogP contribution in [0.1, 0.15) is 43.6 Å². The van der Waals surface area contributed by atoms with Crippen LogP contribution in [0.3, 0.4) is 0 Å². The minimum Gasteiger partial charge on any atom is -0.464 e. The Bertz CT molecular complexity index is 987. The minimum atomic E-state index is -1.83. The Labute approximate surface area is 175 Å². The average Bonchev–Trinajstić information content (AvgIpc) is 2.97. The third kappa shape index (κ3) is 3.35. The van der Waals surface area contributed by atoms with E-state index in [9.17, 15) is 19.5 Å². The lowest BCUT2D eigenvalue weighted by atomic mass is 9.84. The highest BCUT2D eigenvalue weighted by Gasteiger charge is 2.59. The van der Waals surface area contributed by atoms with Crippen LogP contribution < -0.4 is 10.2 Å². The molecule has 7 nitrogen and oxygen atoms in total. The van der Waals surface area contributed by atoms with Crippen LogP contribution >= 0.6 is 0 Å². The number of nitrogens with one attached hydrogen (secondary N) is 1. The molecule has 0 aromatic heterocycles. The molecular formula is C23H26N2O5. The number of aliphatic hydroxyl groups is 1. The van der Waals surface area contributed by atoms with Crippen molar-refractivity contribution in [2.75, 3.05) is 16.8 Å². The number of fused-ring (bicyclic) bond motifs is 1. The third-order valence-electron chi connectivity index (χ3n) is 5.22. The molecule has 0 saturated heterocycles. The van der Waals surface area contributed by atoms with E-state index in [-0.39, 0.29) is 18.4 Å². The van der Waals surface area contributed by atoms with E-state index in [4.69, 9.17) is 4.74 Å². The van der Waals surface area contributed by atoms with Crippen molar-refractivity contribution in [3.05, 3.63) is 59.7 Å². The van der Waals surface area contributed by atoms with E-state index in [1.807, 2.05) is 13.8 Å². The SMILES string of the molecule is CCOC(=O)[C@@H](O)[C@]1(Nc2ccccc2C(C)=O)C(=O)N(C(C)C)c2ccccc21. The van der Waals surface area contributed by atoms with Gasteiger partial charge in [-0.1, -0.05) is 30.3 Å². The zero-order chi connectivity index (χ0) is 22.1. The minimum absolute atomic E-state index is 0.0553. The zero-order valence-electron chi connectivity index (χ0n) is 17.5. The van der Waals surface area contributed by atoms with Gasteiger partial charge < -0.3 is 20.1 Å². The topological polar surface area (TPSA) is 95.9 Å². The molecule has 0 aliphatic carbocycles. The van der Waals surface area contributed by atoms with E-state index in [0.29, 0.717) is 22.5 Å². The number of rotatable bonds is 7. The summed E-state index contributed by atoms with van der Waals surface area (Å²) >= 11 is 0. The number of carbonyl (C=O) groups is 3. The van der Waals surface area contributed by atoms with E-state index in [1.54, 1.807) is 60.4 Å². The van der Waals surface area contributed by atoms with Gasteiger partial charge in [0.05, 0.1) is 12.3 Å². The fourth-order valence-electron chi connectivity index (χ4n) is 3.91. The van der Waals surface area contributed by atoms with Crippen LogP contribution in [0.15, 0.2) is 48.5 Å². The summed E-state index contributed by atoms with van der Waals surface area (Å²) in [4.78, 5) is 40.1. The van der Waals surface area contributed by atoms with Crippen molar-refractivity contribution in [3.8, 4) is 0 Å². The molecule has 2 aromatic rings. The molecule has 30 heavy (non-hydrogen) atoms. The molecule has 0 fully saturated rings. The predicted molar refractivity (Wildman–Crippen MR) is 113 cm³/mol. The number of ketones is 1. The van der Waals surface area contributed by atoms with E-state index in [1.165, 1.54) is 6.92 Å². The van der Waals surface area contributed by atoms with E-state index in [2.05, 4.69) is 5.32 Å². The van der Waals surface area contributed by atoms with Crippen molar-refractivity contribution in [3.63, 3.8) is 0 Å². The van der Waals surface area contributed by atoms with Gasteiger partial charge in [-0.25, -0.2) is 4.79 Å². The Morgan fingerprint density at radius 3 is 2.40 bits per heavy atom. The van der Waals surface area contributed by atoms with Crippen LogP contribution in [0.2, 0.25) is 0 Å². The number of amides is 1. The van der Waals surface area contributed by atoms with E-state index in [0.717, 1.165) is 0 Å². The van der Waals surface area contributed by atoms with E-state index >= 15 is 0 Å². The van der Waals surface area contributed by atoms with Gasteiger partial charge >= 0.3 is 5.97 Å². The van der Waals surface area contributed by atoms with Crippen molar-refractivity contribution in [2.24, 2.45) is 0 Å². The van der Waals surface area contributed by atoms with Gasteiger partial charge in [-0.05, 0) is 45.9 Å². The van der Waals surface area contributed by atoms with Gasteiger partial charge in [0.25, 0.3) is 5.91 Å². The Kier molecular flexibility index (Phi) is 5.94. The maximum absolute atomic E-state index is 13.8. The molecule has 3 rings (SSSR count). The van der Waals surface area contributed by atoms with Crippen LogP contribution in [0.5, 0.6) is 0 Å². The van der Waals surface area contributed by atoms with Gasteiger partial charge in [0, 0.05) is 22.9 Å². The number of esters is 1. The first-order valence-corrected chi connectivity index (χ1v) is 9.91. The Hall–Kier alpha value is -3.19. The molecule has 0 radical (unpaired) electrons. The van der Waals surface area contributed by atoms with E-state index < -0.39 is 23.5 Å². The van der Waals surface area contributed by atoms with Crippen molar-refractivity contribution in [2.45, 2.75) is 45.4 Å². The summed E-state index contributed by atoms with van der Waals surface area (Å²) in [5.74, 6) is -1.62. The molecule has 2 atom stereocenters. The van der Waals surface area contributed by atoms with Gasteiger partial charge in [0.1, 0.15) is 0 Å². The smallest absolute Gasteiger partial charge is 0.338 e. The van der Waals surface area contributed by atoms with Crippen LogP contribution in [0.4, 0.5) is 11.4 Å². The standard InChI is InChI=1S/C23H26N2O5/c1-5-30-21(28)20(27)23(24-18-12-8-6-10-16(18)15(4)26)17-11-7-9-13-19(17)25(14(2)3)22(23)29/h6-14,20,24,27H,5H2,1-4H3/t20-,23+/m1/s1. The summed E-state index contributed by atoms with van der Waals surface area (Å²) in [5.41, 5.74) is -0.0989. The number of ether oxygens (including phenoxy) is 1. The maximum atomic E-state index is 13.8. The molecule has 2 N–H and O–H groups in total. The molecule has 1 aliphatic heterocycles. The number of Topliss-reactive ketones (excluding diaryl/α,β-unsaturated/α-hetero) is 1. The Morgan fingerprint density at radius 2 is 1.77 bits per heavy atom. The highest BCUT2D eigenvalue weighted by atomic mass is 16.5. The number of carbonyl (C=O) groups excluding carboxylic acids is 3. The normalized spacial score (nSPS) is 18.9. The number of hydrogen-bond donors (Lipinski definition) is 2. The fourth-order valence-corrected chi connectivity index (χ4v) is 3.91. The van der Waals surface area contributed by atoms with Crippen molar-refractivity contribution < 1.29 is 24.2 Å². The van der Waals surface area contributed by atoms with Gasteiger partial charge in [-0.3, -0.25) is 9.59 Å². The number of nitrogens with zero attached hydrogens (tertiary/aromatic N) is 1. The van der Waals surface area contributed by atoms with Crippen molar-refractivity contribution in [1.29, 1.82) is 0 Å². The van der Waals surface area contributed by atoms with Gasteiger partial charge in [-0.2, -0.15) is 0 Å². The molecule has 158 valence electrons. The summed E-state index contributed by atoms with van der Waals surface area (Å²) in [7, 11) is 0. The molecule has 0 unspecified atom stereocenters. The molecule has 0 bridgehead atoms. The molecule has 1 heterocycles. The number of anilines is 2. The lowest BCUT2D eigenvalue weighted by molar-refractivity contribution is -0.159. The first kappa shape index (κ1) is 21.5. The van der Waals surface area contributed by atoms with Crippen LogP contribution in [0, 0.1) is 0 Å². The summed E-state index contributed by atoms with van der Waals surface area (Å²) < 4.78 is 5.05. The Morgan fingerprint density at radius 1 is 1.13 bits per heavy atom. The summed E-state index contributed by atoms with van der Waals surface area (Å²) in [6.07, 6.45) is -1.82. The lowest BCUT2D eigenvalue weighted by Gasteiger charge is -2.35. The quantitative estimate of drug-likeness (QED) is 0.538.